The van der Waals surface area contributed by atoms with Crippen molar-refractivity contribution in [3.63, 3.8) is 0 Å². The fourth-order valence-corrected chi connectivity index (χ4v) is 3.65. The molecule has 0 spiro atoms. The standard InChI is InChI=1S/C26H25N5O6/c1-35-20-13-19(14-21(36-2)22(20)37-3)31-24(17-7-5-4-6-8-17)28-23(29-31)26(33)27-15-16-9-11-18(12-10-16)25(32)30-34/h4-14,34H,15H2,1-3H3,(H,27,33)(H,30,32). The van der Waals surface area contributed by atoms with Gasteiger partial charge in [-0.15, -0.1) is 5.10 Å². The molecule has 1 heterocycles. The zero-order chi connectivity index (χ0) is 26.4. The maximum Gasteiger partial charge on any atom is 0.291 e. The first-order chi connectivity index (χ1) is 18.0. The summed E-state index contributed by atoms with van der Waals surface area (Å²) in [5.74, 6) is 0.580. The Balaban J connectivity index is 1.67. The van der Waals surface area contributed by atoms with Gasteiger partial charge in [0.15, 0.2) is 17.3 Å². The molecule has 3 N–H and O–H groups in total. The van der Waals surface area contributed by atoms with Crippen molar-refractivity contribution in [1.82, 2.24) is 25.6 Å². The van der Waals surface area contributed by atoms with Crippen molar-refractivity contribution in [1.29, 1.82) is 0 Å². The van der Waals surface area contributed by atoms with Crippen molar-refractivity contribution in [2.24, 2.45) is 0 Å². The van der Waals surface area contributed by atoms with Gasteiger partial charge in [0.05, 0.1) is 27.0 Å². The van der Waals surface area contributed by atoms with Crippen LogP contribution in [-0.2, 0) is 6.54 Å². The van der Waals surface area contributed by atoms with Crippen LogP contribution in [0, 0.1) is 0 Å². The lowest BCUT2D eigenvalue weighted by Crippen LogP contribution is -2.24. The minimum Gasteiger partial charge on any atom is -0.493 e. The molecule has 0 radical (unpaired) electrons. The molecule has 11 nitrogen and oxygen atoms in total. The van der Waals surface area contributed by atoms with Gasteiger partial charge < -0.3 is 19.5 Å². The first-order valence-electron chi connectivity index (χ1n) is 11.1. The molecule has 0 unspecified atom stereocenters. The second-order valence-electron chi connectivity index (χ2n) is 7.74. The third-order valence-electron chi connectivity index (χ3n) is 5.51. The summed E-state index contributed by atoms with van der Waals surface area (Å²) in [6, 6.07) is 19.2. The van der Waals surface area contributed by atoms with Crippen molar-refractivity contribution < 1.29 is 29.0 Å². The van der Waals surface area contributed by atoms with Crippen LogP contribution < -0.4 is 25.0 Å². The summed E-state index contributed by atoms with van der Waals surface area (Å²) in [5, 5.41) is 16.0. The van der Waals surface area contributed by atoms with E-state index >= 15 is 0 Å². The Kier molecular flexibility index (Phi) is 7.65. The van der Waals surface area contributed by atoms with Crippen LogP contribution in [0.2, 0.25) is 0 Å². The number of rotatable bonds is 9. The maximum atomic E-state index is 13.0. The highest BCUT2D eigenvalue weighted by Crippen LogP contribution is 2.39. The van der Waals surface area contributed by atoms with Crippen LogP contribution in [-0.4, -0.2) is 53.1 Å². The van der Waals surface area contributed by atoms with Crippen LogP contribution in [0.1, 0.15) is 26.5 Å². The number of amides is 2. The van der Waals surface area contributed by atoms with Gasteiger partial charge in [-0.3, -0.25) is 14.8 Å². The molecule has 0 saturated carbocycles. The molecule has 0 atom stereocenters. The van der Waals surface area contributed by atoms with Gasteiger partial charge in [0.2, 0.25) is 11.6 Å². The fourth-order valence-electron chi connectivity index (χ4n) is 3.65. The third kappa shape index (κ3) is 5.36. The van der Waals surface area contributed by atoms with Crippen molar-refractivity contribution in [3.8, 4) is 34.3 Å². The van der Waals surface area contributed by atoms with Crippen molar-refractivity contribution >= 4 is 11.8 Å². The first kappa shape index (κ1) is 25.2. The van der Waals surface area contributed by atoms with Crippen LogP contribution in [0.15, 0.2) is 66.7 Å². The number of hydrogen-bond donors (Lipinski definition) is 3. The third-order valence-corrected chi connectivity index (χ3v) is 5.51. The molecule has 0 fully saturated rings. The number of carbonyl (C=O) groups is 2. The van der Waals surface area contributed by atoms with Crippen molar-refractivity contribution in [3.05, 3.63) is 83.7 Å². The molecule has 3 aromatic carbocycles. The second kappa shape index (κ2) is 11.2. The summed E-state index contributed by atoms with van der Waals surface area (Å²) in [7, 11) is 4.55. The summed E-state index contributed by atoms with van der Waals surface area (Å²) < 4.78 is 17.9. The lowest BCUT2D eigenvalue weighted by Gasteiger charge is -2.14. The summed E-state index contributed by atoms with van der Waals surface area (Å²) in [6.45, 7) is 0.180. The normalized spacial score (nSPS) is 10.5. The predicted molar refractivity (Wildman–Crippen MR) is 133 cm³/mol. The quantitative estimate of drug-likeness (QED) is 0.234. The van der Waals surface area contributed by atoms with Gasteiger partial charge in [-0.25, -0.2) is 15.1 Å². The van der Waals surface area contributed by atoms with Gasteiger partial charge in [0.25, 0.3) is 11.8 Å². The van der Waals surface area contributed by atoms with Gasteiger partial charge in [-0.1, -0.05) is 42.5 Å². The highest BCUT2D eigenvalue weighted by atomic mass is 16.5. The molecule has 1 aromatic heterocycles. The number of hydrogen-bond acceptors (Lipinski definition) is 8. The number of benzene rings is 3. The van der Waals surface area contributed by atoms with E-state index in [1.165, 1.54) is 38.1 Å². The van der Waals surface area contributed by atoms with E-state index in [2.05, 4.69) is 15.4 Å². The van der Waals surface area contributed by atoms with Gasteiger partial charge in [0.1, 0.15) is 0 Å². The Morgan fingerprint density at radius 2 is 1.54 bits per heavy atom. The number of nitrogens with one attached hydrogen (secondary N) is 2. The highest BCUT2D eigenvalue weighted by molar-refractivity contribution is 5.93. The predicted octanol–water partition coefficient (Wildman–Crippen LogP) is 3.01. The summed E-state index contributed by atoms with van der Waals surface area (Å²) in [4.78, 5) is 29.0. The maximum absolute atomic E-state index is 13.0. The van der Waals surface area contributed by atoms with Crippen LogP contribution in [0.4, 0.5) is 0 Å². The van der Waals surface area contributed by atoms with E-state index < -0.39 is 11.8 Å². The number of carbonyl (C=O) groups excluding carboxylic acids is 2. The largest absolute Gasteiger partial charge is 0.493 e. The number of ether oxygens (including phenoxy) is 3. The molecule has 37 heavy (non-hydrogen) atoms. The van der Waals surface area contributed by atoms with E-state index in [0.717, 1.165) is 11.1 Å². The SMILES string of the molecule is COc1cc(-n2nc(C(=O)NCc3ccc(C(=O)NO)cc3)nc2-c2ccccc2)cc(OC)c1OC. The number of methoxy groups -OCH3 is 3. The average molecular weight is 504 g/mol. The molecule has 2 amide bonds. The van der Waals surface area contributed by atoms with E-state index in [9.17, 15) is 9.59 Å². The first-order valence-corrected chi connectivity index (χ1v) is 11.1. The zero-order valence-corrected chi connectivity index (χ0v) is 20.4. The number of nitrogens with zero attached hydrogens (tertiary/aromatic N) is 3. The number of aromatic nitrogens is 3. The average Bonchev–Trinajstić information content (AvgIpc) is 3.41. The molecule has 0 saturated heterocycles. The summed E-state index contributed by atoms with van der Waals surface area (Å²) in [6.07, 6.45) is 0. The van der Waals surface area contributed by atoms with Gasteiger partial charge in [-0.05, 0) is 17.7 Å². The Morgan fingerprint density at radius 3 is 2.11 bits per heavy atom. The minimum absolute atomic E-state index is 0.0381. The Morgan fingerprint density at radius 1 is 0.892 bits per heavy atom. The molecule has 190 valence electrons. The van der Waals surface area contributed by atoms with E-state index in [1.54, 1.807) is 29.7 Å². The van der Waals surface area contributed by atoms with Gasteiger partial charge in [-0.2, -0.15) is 0 Å². The summed E-state index contributed by atoms with van der Waals surface area (Å²) >= 11 is 0. The van der Waals surface area contributed by atoms with Crippen LogP contribution in [0.25, 0.3) is 17.1 Å². The molecule has 0 aliphatic rings. The Labute approximate surface area is 212 Å². The second-order valence-corrected chi connectivity index (χ2v) is 7.74. The molecule has 0 bridgehead atoms. The van der Waals surface area contributed by atoms with Crippen molar-refractivity contribution in [2.45, 2.75) is 6.54 Å². The topological polar surface area (TPSA) is 137 Å². The van der Waals surface area contributed by atoms with E-state index in [-0.39, 0.29) is 17.9 Å². The van der Waals surface area contributed by atoms with Crippen LogP contribution in [0.5, 0.6) is 17.2 Å². The molecule has 4 rings (SSSR count). The van der Waals surface area contributed by atoms with Crippen LogP contribution >= 0.6 is 0 Å². The smallest absolute Gasteiger partial charge is 0.291 e. The molecular formula is C26H25N5O6. The Bertz CT molecular complexity index is 1380. The molecule has 11 heteroatoms. The fraction of sp³-hybridized carbons (Fsp3) is 0.154. The number of hydroxylamine groups is 1. The molecular weight excluding hydrogens is 478 g/mol. The zero-order valence-electron chi connectivity index (χ0n) is 20.4. The molecule has 4 aromatic rings. The van der Waals surface area contributed by atoms with E-state index in [4.69, 9.17) is 19.4 Å². The Hall–Kier alpha value is -4.90. The lowest BCUT2D eigenvalue weighted by atomic mass is 10.1. The summed E-state index contributed by atoms with van der Waals surface area (Å²) in [5.41, 5.74) is 3.91. The molecule has 0 aliphatic carbocycles. The van der Waals surface area contributed by atoms with E-state index in [1.807, 2.05) is 30.3 Å². The van der Waals surface area contributed by atoms with Gasteiger partial charge >= 0.3 is 0 Å². The van der Waals surface area contributed by atoms with Crippen molar-refractivity contribution in [2.75, 3.05) is 21.3 Å². The monoisotopic (exact) mass is 503 g/mol. The molecule has 0 aliphatic heterocycles. The lowest BCUT2D eigenvalue weighted by molar-refractivity contribution is 0.0706. The minimum atomic E-state index is -0.620. The van der Waals surface area contributed by atoms with Gasteiger partial charge in [0, 0.05) is 29.8 Å². The van der Waals surface area contributed by atoms with Crippen LogP contribution in [0.3, 0.4) is 0 Å². The van der Waals surface area contributed by atoms with E-state index in [0.29, 0.717) is 28.8 Å². The highest BCUT2D eigenvalue weighted by Gasteiger charge is 2.21.